The van der Waals surface area contributed by atoms with Crippen molar-refractivity contribution in [2.24, 2.45) is 0 Å². The molecule has 98 valence electrons. The largest absolute Gasteiger partial charge is 0.346 e. The highest BCUT2D eigenvalue weighted by Gasteiger charge is 2.46. The van der Waals surface area contributed by atoms with Gasteiger partial charge in [-0.15, -0.1) is 0 Å². The van der Waals surface area contributed by atoms with Crippen molar-refractivity contribution in [3.05, 3.63) is 0 Å². The molecule has 0 amide bonds. The van der Waals surface area contributed by atoms with E-state index in [0.717, 1.165) is 13.0 Å². The van der Waals surface area contributed by atoms with Crippen LogP contribution in [-0.2, 0) is 9.09 Å². The summed E-state index contributed by atoms with van der Waals surface area (Å²) in [5, 5.41) is 0. The Bertz CT molecular complexity index is 384. The van der Waals surface area contributed by atoms with Gasteiger partial charge in [0.2, 0.25) is 0 Å². The van der Waals surface area contributed by atoms with E-state index in [-0.39, 0.29) is 11.1 Å². The van der Waals surface area contributed by atoms with E-state index in [1.54, 1.807) is 0 Å². The predicted octanol–water partition coefficient (Wildman–Crippen LogP) is 3.85. The summed E-state index contributed by atoms with van der Waals surface area (Å²) in [6, 6.07) is 0. The van der Waals surface area contributed by atoms with Crippen LogP contribution in [0.4, 0.5) is 0 Å². The molecule has 0 aromatic heterocycles. The number of hydrogen-bond donors (Lipinski definition) is 0. The standard InChI is InChI=1S/C13H24NO2P/c1-7-8-11-17(15)14(12(2,3)4)10-9-13(5,6)16-17/h7,9-10H2,1-6H3. The zero-order valence-corrected chi connectivity index (χ0v) is 12.7. The summed E-state index contributed by atoms with van der Waals surface area (Å²) in [7, 11) is -3.01. The van der Waals surface area contributed by atoms with Crippen LogP contribution in [0.2, 0.25) is 0 Å². The van der Waals surface area contributed by atoms with Crippen LogP contribution in [0.1, 0.15) is 54.4 Å². The van der Waals surface area contributed by atoms with Crippen LogP contribution in [-0.4, -0.2) is 22.4 Å². The zero-order valence-electron chi connectivity index (χ0n) is 11.8. The van der Waals surface area contributed by atoms with Crippen LogP contribution in [0.5, 0.6) is 0 Å². The first kappa shape index (κ1) is 14.8. The molecule has 0 saturated carbocycles. The minimum Gasteiger partial charge on any atom is -0.302 e. The molecule has 0 aromatic rings. The van der Waals surface area contributed by atoms with E-state index >= 15 is 0 Å². The molecular weight excluding hydrogens is 233 g/mol. The molecule has 0 spiro atoms. The minimum atomic E-state index is -3.01. The van der Waals surface area contributed by atoms with Crippen molar-refractivity contribution >= 4 is 7.52 Å². The van der Waals surface area contributed by atoms with Crippen molar-refractivity contribution in [3.63, 3.8) is 0 Å². The van der Waals surface area contributed by atoms with Crippen molar-refractivity contribution in [1.82, 2.24) is 4.67 Å². The fourth-order valence-electron chi connectivity index (χ4n) is 1.93. The third kappa shape index (κ3) is 3.58. The Labute approximate surface area is 105 Å². The molecule has 1 aliphatic heterocycles. The maximum absolute atomic E-state index is 12.9. The fraction of sp³-hybridized carbons (Fsp3) is 0.846. The second-order valence-electron chi connectivity index (χ2n) is 6.06. The normalized spacial score (nSPS) is 29.5. The smallest absolute Gasteiger partial charge is 0.302 e. The Morgan fingerprint density at radius 3 is 2.47 bits per heavy atom. The van der Waals surface area contributed by atoms with Crippen molar-refractivity contribution in [3.8, 4) is 11.6 Å². The number of rotatable bonds is 0. The fourth-order valence-corrected chi connectivity index (χ4v) is 4.47. The van der Waals surface area contributed by atoms with E-state index in [1.165, 1.54) is 0 Å². The summed E-state index contributed by atoms with van der Waals surface area (Å²) < 4.78 is 20.7. The minimum absolute atomic E-state index is 0.186. The molecule has 0 aromatic carbocycles. The topological polar surface area (TPSA) is 29.5 Å². The molecule has 0 radical (unpaired) electrons. The Balaban J connectivity index is 3.11. The Kier molecular flexibility index (Phi) is 4.14. The van der Waals surface area contributed by atoms with Gasteiger partial charge in [0.05, 0.1) is 5.60 Å². The van der Waals surface area contributed by atoms with Crippen LogP contribution in [0.3, 0.4) is 0 Å². The van der Waals surface area contributed by atoms with Gasteiger partial charge in [-0.3, -0.25) is 4.57 Å². The Morgan fingerprint density at radius 2 is 2.00 bits per heavy atom. The molecule has 1 saturated heterocycles. The second-order valence-corrected chi connectivity index (χ2v) is 7.99. The van der Waals surface area contributed by atoms with Gasteiger partial charge in [0.15, 0.2) is 0 Å². The van der Waals surface area contributed by atoms with Crippen molar-refractivity contribution < 1.29 is 9.09 Å². The number of hydrogen-bond acceptors (Lipinski definition) is 2. The molecule has 0 aliphatic carbocycles. The molecule has 1 rings (SSSR count). The van der Waals surface area contributed by atoms with Crippen molar-refractivity contribution in [1.29, 1.82) is 0 Å². The molecule has 3 nitrogen and oxygen atoms in total. The molecular formula is C13H24NO2P. The van der Waals surface area contributed by atoms with Crippen LogP contribution < -0.4 is 0 Å². The van der Waals surface area contributed by atoms with Gasteiger partial charge >= 0.3 is 7.52 Å². The maximum Gasteiger partial charge on any atom is 0.346 e. The third-order valence-corrected chi connectivity index (χ3v) is 5.40. The molecule has 0 bridgehead atoms. The monoisotopic (exact) mass is 257 g/mol. The molecule has 4 heteroatoms. The summed E-state index contributed by atoms with van der Waals surface area (Å²) >= 11 is 0. The average Bonchev–Trinajstić information content (AvgIpc) is 2.10. The molecule has 1 atom stereocenters. The predicted molar refractivity (Wildman–Crippen MR) is 71.9 cm³/mol. The van der Waals surface area contributed by atoms with Crippen LogP contribution in [0, 0.1) is 11.6 Å². The van der Waals surface area contributed by atoms with E-state index in [2.05, 4.69) is 32.4 Å². The molecule has 17 heavy (non-hydrogen) atoms. The van der Waals surface area contributed by atoms with Crippen molar-refractivity contribution in [2.75, 3.05) is 6.54 Å². The molecule has 0 N–H and O–H groups in total. The van der Waals surface area contributed by atoms with E-state index in [4.69, 9.17) is 4.52 Å². The first-order chi connectivity index (χ1) is 7.61. The van der Waals surface area contributed by atoms with Crippen LogP contribution in [0.15, 0.2) is 0 Å². The van der Waals surface area contributed by atoms with Gasteiger partial charge in [0.25, 0.3) is 0 Å². The van der Waals surface area contributed by atoms with E-state index in [9.17, 15) is 4.57 Å². The lowest BCUT2D eigenvalue weighted by Gasteiger charge is -2.46. The lowest BCUT2D eigenvalue weighted by Crippen LogP contribution is -2.47. The first-order valence-electron chi connectivity index (χ1n) is 6.20. The van der Waals surface area contributed by atoms with Gasteiger partial charge in [0.1, 0.15) is 0 Å². The highest BCUT2D eigenvalue weighted by molar-refractivity contribution is 7.62. The van der Waals surface area contributed by atoms with Crippen molar-refractivity contribution in [2.45, 2.75) is 65.5 Å². The van der Waals surface area contributed by atoms with E-state index in [1.807, 2.05) is 25.4 Å². The average molecular weight is 257 g/mol. The summed E-state index contributed by atoms with van der Waals surface area (Å²) in [5.41, 5.74) is 2.34. The van der Waals surface area contributed by atoms with Crippen LogP contribution in [0.25, 0.3) is 0 Å². The molecule has 1 unspecified atom stereocenters. The van der Waals surface area contributed by atoms with Gasteiger partial charge in [-0.25, -0.2) is 4.67 Å². The lowest BCUT2D eigenvalue weighted by atomic mass is 10.0. The lowest BCUT2D eigenvalue weighted by molar-refractivity contribution is 0.0358. The Morgan fingerprint density at radius 1 is 1.41 bits per heavy atom. The third-order valence-electron chi connectivity index (χ3n) is 2.79. The van der Waals surface area contributed by atoms with E-state index in [0.29, 0.717) is 6.42 Å². The highest BCUT2D eigenvalue weighted by Crippen LogP contribution is 2.59. The van der Waals surface area contributed by atoms with Crippen LogP contribution >= 0.6 is 7.52 Å². The molecule has 1 aliphatic rings. The van der Waals surface area contributed by atoms with Gasteiger partial charge in [-0.05, 0) is 41.0 Å². The quantitative estimate of drug-likeness (QED) is 0.487. The molecule has 1 fully saturated rings. The van der Waals surface area contributed by atoms with Gasteiger partial charge in [-0.1, -0.05) is 12.8 Å². The van der Waals surface area contributed by atoms with E-state index < -0.39 is 7.52 Å². The Hall–Kier alpha value is -0.290. The maximum atomic E-state index is 12.9. The van der Waals surface area contributed by atoms with Gasteiger partial charge < -0.3 is 4.52 Å². The first-order valence-corrected chi connectivity index (χ1v) is 7.77. The summed E-state index contributed by atoms with van der Waals surface area (Å²) in [4.78, 5) is 0. The zero-order chi connectivity index (χ0) is 13.3. The van der Waals surface area contributed by atoms with Gasteiger partial charge in [-0.2, -0.15) is 0 Å². The molecule has 1 heterocycles. The SMILES string of the molecule is CCC#CP1(=O)OC(C)(C)CCN1C(C)(C)C. The summed E-state index contributed by atoms with van der Waals surface area (Å²) in [5.74, 6) is 2.92. The highest BCUT2D eigenvalue weighted by atomic mass is 31.2. The number of nitrogens with zero attached hydrogens (tertiary/aromatic N) is 1. The second kappa shape index (κ2) is 4.76. The summed E-state index contributed by atoms with van der Waals surface area (Å²) in [6.45, 7) is 12.8. The van der Waals surface area contributed by atoms with Gasteiger partial charge in [0, 0.05) is 24.2 Å². The summed E-state index contributed by atoms with van der Waals surface area (Å²) in [6.07, 6.45) is 1.58.